The lowest BCUT2D eigenvalue weighted by molar-refractivity contribution is 0.282. The van der Waals surface area contributed by atoms with Gasteiger partial charge in [-0.15, -0.1) is 0 Å². The lowest BCUT2D eigenvalue weighted by Gasteiger charge is -2.27. The molecule has 1 rings (SSSR count). The van der Waals surface area contributed by atoms with E-state index < -0.39 is 10.2 Å². The maximum atomic E-state index is 12.4. The fourth-order valence-electron chi connectivity index (χ4n) is 2.43. The molecule has 1 aliphatic heterocycles. The van der Waals surface area contributed by atoms with Gasteiger partial charge in [-0.2, -0.15) is 17.0 Å². The second kappa shape index (κ2) is 8.16. The summed E-state index contributed by atoms with van der Waals surface area (Å²) in [6.07, 6.45) is 1.87. The fourth-order valence-corrected chi connectivity index (χ4v) is 4.08. The van der Waals surface area contributed by atoms with Crippen LogP contribution >= 0.6 is 0 Å². The second-order valence-electron chi connectivity index (χ2n) is 4.83. The summed E-state index contributed by atoms with van der Waals surface area (Å²) in [6.45, 7) is 9.47. The first kappa shape index (κ1) is 16.8. The van der Waals surface area contributed by atoms with Crippen molar-refractivity contribution >= 4 is 10.2 Å². The summed E-state index contributed by atoms with van der Waals surface area (Å²) < 4.78 is 28.0. The van der Waals surface area contributed by atoms with Crippen LogP contribution in [0.15, 0.2) is 0 Å². The van der Waals surface area contributed by atoms with Crippen LogP contribution in [0.4, 0.5) is 0 Å². The normalized spacial score (nSPS) is 19.8. The minimum Gasteiger partial charge on any atom is -0.330 e. The van der Waals surface area contributed by atoms with E-state index in [0.29, 0.717) is 32.7 Å². The molecule has 1 aliphatic rings. The van der Waals surface area contributed by atoms with Gasteiger partial charge in [0.05, 0.1) is 0 Å². The third kappa shape index (κ3) is 4.68. The lowest BCUT2D eigenvalue weighted by atomic mass is 10.3. The predicted octanol–water partition coefficient (Wildman–Crippen LogP) is -0.0705. The van der Waals surface area contributed by atoms with E-state index in [0.717, 1.165) is 32.5 Å². The number of hydrogen-bond donors (Lipinski definition) is 1. The van der Waals surface area contributed by atoms with Gasteiger partial charge < -0.3 is 10.6 Å². The van der Waals surface area contributed by atoms with Crippen LogP contribution < -0.4 is 5.73 Å². The SMILES string of the molecule is CCN(CC)S(=O)(=O)N1CCCN(CCCN)CC1. The average molecular weight is 292 g/mol. The molecule has 2 N–H and O–H groups in total. The average Bonchev–Trinajstić information content (AvgIpc) is 2.63. The Morgan fingerprint density at radius 2 is 1.79 bits per heavy atom. The predicted molar refractivity (Wildman–Crippen MR) is 78.1 cm³/mol. The summed E-state index contributed by atoms with van der Waals surface area (Å²) in [4.78, 5) is 2.31. The lowest BCUT2D eigenvalue weighted by Crippen LogP contribution is -2.45. The van der Waals surface area contributed by atoms with Gasteiger partial charge in [-0.05, 0) is 32.5 Å². The molecule has 0 bridgehead atoms. The van der Waals surface area contributed by atoms with Gasteiger partial charge in [0.2, 0.25) is 0 Å². The molecule has 7 heteroatoms. The Morgan fingerprint density at radius 3 is 2.37 bits per heavy atom. The summed E-state index contributed by atoms with van der Waals surface area (Å²) in [5.74, 6) is 0. The fraction of sp³-hybridized carbons (Fsp3) is 1.00. The standard InChI is InChI=1S/C12H28N4O2S/c1-3-15(4-2)19(17,18)16-10-6-9-14(11-12-16)8-5-7-13/h3-13H2,1-2H3. The van der Waals surface area contributed by atoms with Crippen LogP contribution in [0.3, 0.4) is 0 Å². The van der Waals surface area contributed by atoms with Crippen molar-refractivity contribution in [2.75, 3.05) is 52.4 Å². The van der Waals surface area contributed by atoms with Crippen molar-refractivity contribution in [2.24, 2.45) is 5.73 Å². The van der Waals surface area contributed by atoms with E-state index in [9.17, 15) is 8.42 Å². The molecule has 0 spiro atoms. The molecule has 0 unspecified atom stereocenters. The first-order chi connectivity index (χ1) is 9.06. The minimum absolute atomic E-state index is 0.534. The van der Waals surface area contributed by atoms with Gasteiger partial charge >= 0.3 is 0 Å². The van der Waals surface area contributed by atoms with E-state index in [1.807, 2.05) is 13.8 Å². The summed E-state index contributed by atoms with van der Waals surface area (Å²) in [5, 5.41) is 0. The van der Waals surface area contributed by atoms with E-state index in [1.54, 1.807) is 4.31 Å². The molecule has 114 valence electrons. The zero-order chi connectivity index (χ0) is 14.3. The molecule has 0 aromatic heterocycles. The number of hydrogen-bond acceptors (Lipinski definition) is 4. The Labute approximate surface area is 117 Å². The largest absolute Gasteiger partial charge is 0.330 e. The highest BCUT2D eigenvalue weighted by Gasteiger charge is 2.29. The summed E-state index contributed by atoms with van der Waals surface area (Å²) in [7, 11) is -3.28. The molecular weight excluding hydrogens is 264 g/mol. The zero-order valence-electron chi connectivity index (χ0n) is 12.2. The Morgan fingerprint density at radius 1 is 1.11 bits per heavy atom. The number of rotatable bonds is 7. The van der Waals surface area contributed by atoms with Gasteiger partial charge in [-0.3, -0.25) is 0 Å². The number of nitrogens with two attached hydrogens (primary N) is 1. The molecule has 0 saturated carbocycles. The highest BCUT2D eigenvalue weighted by atomic mass is 32.2. The Hall–Kier alpha value is -0.210. The van der Waals surface area contributed by atoms with Crippen molar-refractivity contribution in [1.82, 2.24) is 13.5 Å². The van der Waals surface area contributed by atoms with Crippen molar-refractivity contribution < 1.29 is 8.42 Å². The van der Waals surface area contributed by atoms with Crippen LogP contribution in [0.5, 0.6) is 0 Å². The third-order valence-electron chi connectivity index (χ3n) is 3.58. The molecule has 1 saturated heterocycles. The quantitative estimate of drug-likeness (QED) is 0.713. The molecule has 6 nitrogen and oxygen atoms in total. The number of nitrogens with zero attached hydrogens (tertiary/aromatic N) is 3. The Bertz CT molecular complexity index is 344. The molecule has 0 aromatic rings. The third-order valence-corrected chi connectivity index (χ3v) is 5.77. The Kier molecular flexibility index (Phi) is 7.23. The van der Waals surface area contributed by atoms with Crippen LogP contribution in [0, 0.1) is 0 Å². The molecule has 0 aromatic carbocycles. The van der Waals surface area contributed by atoms with Gasteiger partial charge in [0.1, 0.15) is 0 Å². The van der Waals surface area contributed by atoms with Crippen LogP contribution in [0.2, 0.25) is 0 Å². The van der Waals surface area contributed by atoms with E-state index >= 15 is 0 Å². The first-order valence-electron chi connectivity index (χ1n) is 7.23. The van der Waals surface area contributed by atoms with Gasteiger partial charge in [0, 0.05) is 32.7 Å². The minimum atomic E-state index is -3.28. The molecule has 0 aliphatic carbocycles. The van der Waals surface area contributed by atoms with Crippen molar-refractivity contribution in [3.8, 4) is 0 Å². The van der Waals surface area contributed by atoms with Gasteiger partial charge in [-0.25, -0.2) is 0 Å². The molecule has 1 heterocycles. The summed E-state index contributed by atoms with van der Waals surface area (Å²) in [6, 6.07) is 0. The summed E-state index contributed by atoms with van der Waals surface area (Å²) >= 11 is 0. The summed E-state index contributed by atoms with van der Waals surface area (Å²) in [5.41, 5.74) is 5.52. The monoisotopic (exact) mass is 292 g/mol. The van der Waals surface area contributed by atoms with Gasteiger partial charge in [0.25, 0.3) is 10.2 Å². The molecule has 0 amide bonds. The highest BCUT2D eigenvalue weighted by Crippen LogP contribution is 2.12. The maximum absolute atomic E-state index is 12.4. The van der Waals surface area contributed by atoms with Crippen molar-refractivity contribution in [3.05, 3.63) is 0 Å². The topological polar surface area (TPSA) is 69.9 Å². The first-order valence-corrected chi connectivity index (χ1v) is 8.63. The van der Waals surface area contributed by atoms with E-state index in [-0.39, 0.29) is 0 Å². The van der Waals surface area contributed by atoms with Crippen LogP contribution in [0.25, 0.3) is 0 Å². The van der Waals surface area contributed by atoms with Crippen molar-refractivity contribution in [1.29, 1.82) is 0 Å². The van der Waals surface area contributed by atoms with Crippen LogP contribution in [0.1, 0.15) is 26.7 Å². The maximum Gasteiger partial charge on any atom is 0.281 e. The Balaban J connectivity index is 2.61. The molecule has 1 fully saturated rings. The van der Waals surface area contributed by atoms with E-state index in [1.165, 1.54) is 4.31 Å². The van der Waals surface area contributed by atoms with E-state index in [2.05, 4.69) is 4.90 Å². The van der Waals surface area contributed by atoms with Crippen LogP contribution in [-0.2, 0) is 10.2 Å². The van der Waals surface area contributed by atoms with E-state index in [4.69, 9.17) is 5.73 Å². The van der Waals surface area contributed by atoms with Gasteiger partial charge in [-0.1, -0.05) is 13.8 Å². The van der Waals surface area contributed by atoms with Gasteiger partial charge in [0.15, 0.2) is 0 Å². The molecular formula is C12H28N4O2S. The second-order valence-corrected chi connectivity index (χ2v) is 6.76. The molecule has 19 heavy (non-hydrogen) atoms. The van der Waals surface area contributed by atoms with Crippen LogP contribution in [-0.4, -0.2) is 74.3 Å². The smallest absolute Gasteiger partial charge is 0.281 e. The highest BCUT2D eigenvalue weighted by molar-refractivity contribution is 7.86. The molecule has 0 atom stereocenters. The van der Waals surface area contributed by atoms with Crippen molar-refractivity contribution in [2.45, 2.75) is 26.7 Å². The zero-order valence-corrected chi connectivity index (χ0v) is 13.0. The van der Waals surface area contributed by atoms with Crippen molar-refractivity contribution in [3.63, 3.8) is 0 Å². The molecule has 0 radical (unpaired) electrons.